The first-order valence-corrected chi connectivity index (χ1v) is 9.97. The largest absolute Gasteiger partial charge is 0.325 e. The maximum Gasteiger partial charge on any atom is 0.234 e. The van der Waals surface area contributed by atoms with Gasteiger partial charge < -0.3 is 5.32 Å². The van der Waals surface area contributed by atoms with Gasteiger partial charge in [-0.3, -0.25) is 4.79 Å². The molecule has 1 aromatic carbocycles. The van der Waals surface area contributed by atoms with Crippen molar-refractivity contribution in [2.24, 2.45) is 0 Å². The number of carbonyl (C=O) groups is 1. The molecule has 0 fully saturated rings. The Labute approximate surface area is 147 Å². The third kappa shape index (κ3) is 3.28. The molecule has 1 aliphatic heterocycles. The van der Waals surface area contributed by atoms with Crippen molar-refractivity contribution in [3.05, 3.63) is 53.1 Å². The number of amides is 1. The Morgan fingerprint density at radius 3 is 2.44 bits per heavy atom. The van der Waals surface area contributed by atoms with Crippen molar-refractivity contribution in [1.82, 2.24) is 9.97 Å². The average molecular weight is 359 g/mol. The van der Waals surface area contributed by atoms with E-state index in [0.717, 1.165) is 16.8 Å². The van der Waals surface area contributed by atoms with Gasteiger partial charge in [-0.1, -0.05) is 12.1 Å². The number of hydrogen-bond donors (Lipinski definition) is 1. The molecule has 1 amide bonds. The van der Waals surface area contributed by atoms with E-state index in [-0.39, 0.29) is 5.91 Å². The summed E-state index contributed by atoms with van der Waals surface area (Å²) < 4.78 is 24.6. The molecule has 1 aliphatic rings. The smallest absolute Gasteiger partial charge is 0.234 e. The van der Waals surface area contributed by atoms with E-state index in [1.54, 1.807) is 19.3 Å². The van der Waals surface area contributed by atoms with Crippen molar-refractivity contribution < 1.29 is 13.2 Å². The van der Waals surface area contributed by atoms with E-state index in [4.69, 9.17) is 0 Å². The highest BCUT2D eigenvalue weighted by Gasteiger charge is 2.38. The van der Waals surface area contributed by atoms with Crippen LogP contribution in [0.1, 0.15) is 41.6 Å². The van der Waals surface area contributed by atoms with Gasteiger partial charge in [0.15, 0.2) is 9.84 Å². The number of fused-ring (bicyclic) bond motifs is 1. The second-order valence-corrected chi connectivity index (χ2v) is 9.27. The number of rotatable bonds is 4. The lowest BCUT2D eigenvalue weighted by Crippen LogP contribution is -2.26. The van der Waals surface area contributed by atoms with Gasteiger partial charge in [0.1, 0.15) is 5.82 Å². The Balaban J connectivity index is 1.96. The zero-order chi connectivity index (χ0) is 18.4. The van der Waals surface area contributed by atoms with Crippen molar-refractivity contribution in [3.8, 4) is 0 Å². The summed E-state index contributed by atoms with van der Waals surface area (Å²) in [6, 6.07) is 5.64. The van der Waals surface area contributed by atoms with Gasteiger partial charge in [0.2, 0.25) is 5.91 Å². The summed E-state index contributed by atoms with van der Waals surface area (Å²) >= 11 is 0. The molecule has 1 N–H and O–H groups in total. The van der Waals surface area contributed by atoms with Crippen molar-refractivity contribution in [1.29, 1.82) is 0 Å². The van der Waals surface area contributed by atoms with Crippen LogP contribution in [0.3, 0.4) is 0 Å². The van der Waals surface area contributed by atoms with Gasteiger partial charge in [-0.05, 0) is 44.4 Å². The molecule has 6 nitrogen and oxygen atoms in total. The number of hydrogen-bond acceptors (Lipinski definition) is 5. The van der Waals surface area contributed by atoms with E-state index in [1.165, 1.54) is 6.26 Å². The Morgan fingerprint density at radius 1 is 1.20 bits per heavy atom. The molecule has 2 aromatic rings. The first kappa shape index (κ1) is 17.5. The van der Waals surface area contributed by atoms with Crippen LogP contribution < -0.4 is 5.32 Å². The summed E-state index contributed by atoms with van der Waals surface area (Å²) in [5.74, 6) is 0.546. The van der Waals surface area contributed by atoms with Crippen LogP contribution in [0.4, 0.5) is 5.69 Å². The lowest BCUT2D eigenvalue weighted by molar-refractivity contribution is -0.119. The normalized spacial score (nSPS) is 17.0. The van der Waals surface area contributed by atoms with Crippen molar-refractivity contribution in [2.45, 2.75) is 37.9 Å². The SMILES string of the molecule is Cc1ncc(C(Cc2ccc3c(c2)NC(=O)C3(C)C)S(C)(=O)=O)cn1. The standard InChI is InChI=1S/C18H21N3O3S/c1-11-19-9-13(10-20-11)16(25(4,23)24)8-12-5-6-14-15(7-12)21-17(22)18(14,2)3/h5-7,9-10,16H,8H2,1-4H3,(H,21,22). The number of aromatic nitrogens is 2. The fourth-order valence-corrected chi connectivity index (χ4v) is 4.18. The Hall–Kier alpha value is -2.28. The van der Waals surface area contributed by atoms with Gasteiger partial charge in [0.25, 0.3) is 0 Å². The van der Waals surface area contributed by atoms with Crippen LogP contribution in [-0.4, -0.2) is 30.5 Å². The van der Waals surface area contributed by atoms with Crippen LogP contribution in [0.15, 0.2) is 30.6 Å². The quantitative estimate of drug-likeness (QED) is 0.905. The number of sulfone groups is 1. The second kappa shape index (κ2) is 5.91. The van der Waals surface area contributed by atoms with E-state index in [0.29, 0.717) is 17.8 Å². The highest BCUT2D eigenvalue weighted by Crippen LogP contribution is 2.38. The van der Waals surface area contributed by atoms with Gasteiger partial charge in [0.05, 0.1) is 10.7 Å². The third-order valence-corrected chi connectivity index (χ3v) is 6.16. The number of carbonyl (C=O) groups excluding carboxylic acids is 1. The number of benzene rings is 1. The van der Waals surface area contributed by atoms with Gasteiger partial charge in [0, 0.05) is 29.9 Å². The van der Waals surface area contributed by atoms with E-state index in [1.807, 2.05) is 32.0 Å². The maximum atomic E-state index is 12.3. The summed E-state index contributed by atoms with van der Waals surface area (Å²) in [7, 11) is -3.34. The van der Waals surface area contributed by atoms with E-state index >= 15 is 0 Å². The molecular formula is C18H21N3O3S. The lowest BCUT2D eigenvalue weighted by Gasteiger charge is -2.17. The average Bonchev–Trinajstić information content (AvgIpc) is 2.74. The first-order valence-electron chi connectivity index (χ1n) is 8.01. The van der Waals surface area contributed by atoms with E-state index in [2.05, 4.69) is 15.3 Å². The molecule has 0 saturated carbocycles. The summed E-state index contributed by atoms with van der Waals surface area (Å²) in [6.07, 6.45) is 4.64. The first-order chi connectivity index (χ1) is 11.6. The number of nitrogens with zero attached hydrogens (tertiary/aromatic N) is 2. The van der Waals surface area contributed by atoms with E-state index in [9.17, 15) is 13.2 Å². The van der Waals surface area contributed by atoms with Crippen LogP contribution in [0.5, 0.6) is 0 Å². The highest BCUT2D eigenvalue weighted by atomic mass is 32.2. The van der Waals surface area contributed by atoms with Crippen molar-refractivity contribution >= 4 is 21.4 Å². The topological polar surface area (TPSA) is 89.0 Å². The fourth-order valence-electron chi connectivity index (χ4n) is 3.07. The van der Waals surface area contributed by atoms with Gasteiger partial charge >= 0.3 is 0 Å². The lowest BCUT2D eigenvalue weighted by atomic mass is 9.85. The minimum absolute atomic E-state index is 0.0498. The maximum absolute atomic E-state index is 12.3. The summed E-state index contributed by atoms with van der Waals surface area (Å²) in [5.41, 5.74) is 2.51. The van der Waals surface area contributed by atoms with Crippen LogP contribution in [-0.2, 0) is 26.5 Å². The highest BCUT2D eigenvalue weighted by molar-refractivity contribution is 7.90. The summed E-state index contributed by atoms with van der Waals surface area (Å²) in [4.78, 5) is 20.3. The molecule has 0 saturated heterocycles. The van der Waals surface area contributed by atoms with Crippen LogP contribution in [0.25, 0.3) is 0 Å². The van der Waals surface area contributed by atoms with Crippen LogP contribution in [0, 0.1) is 6.92 Å². The molecule has 2 heterocycles. The number of anilines is 1. The van der Waals surface area contributed by atoms with Crippen molar-refractivity contribution in [3.63, 3.8) is 0 Å². The zero-order valence-corrected chi connectivity index (χ0v) is 15.5. The molecule has 0 bridgehead atoms. The molecule has 0 radical (unpaired) electrons. The van der Waals surface area contributed by atoms with Crippen LogP contribution in [0.2, 0.25) is 0 Å². The molecule has 1 aromatic heterocycles. The van der Waals surface area contributed by atoms with E-state index < -0.39 is 20.5 Å². The van der Waals surface area contributed by atoms with Gasteiger partial charge in [-0.15, -0.1) is 0 Å². The molecule has 0 spiro atoms. The molecule has 132 valence electrons. The minimum atomic E-state index is -3.34. The monoisotopic (exact) mass is 359 g/mol. The minimum Gasteiger partial charge on any atom is -0.325 e. The number of aryl methyl sites for hydroxylation is 1. The summed E-state index contributed by atoms with van der Waals surface area (Å²) in [6.45, 7) is 5.50. The molecule has 25 heavy (non-hydrogen) atoms. The predicted molar refractivity (Wildman–Crippen MR) is 96.2 cm³/mol. The Kier molecular flexibility index (Phi) is 4.15. The molecule has 7 heteroatoms. The molecule has 1 unspecified atom stereocenters. The summed E-state index contributed by atoms with van der Waals surface area (Å²) in [5, 5.41) is 2.15. The van der Waals surface area contributed by atoms with Crippen LogP contribution >= 0.6 is 0 Å². The molecule has 1 atom stereocenters. The third-order valence-electron chi connectivity index (χ3n) is 4.68. The second-order valence-electron chi connectivity index (χ2n) is 7.04. The van der Waals surface area contributed by atoms with Crippen molar-refractivity contribution in [2.75, 3.05) is 11.6 Å². The van der Waals surface area contributed by atoms with Gasteiger partial charge in [-0.25, -0.2) is 18.4 Å². The zero-order valence-electron chi connectivity index (χ0n) is 14.7. The molecule has 3 rings (SSSR count). The Bertz CT molecular complexity index is 935. The predicted octanol–water partition coefficient (Wildman–Crippen LogP) is 2.34. The Morgan fingerprint density at radius 2 is 1.84 bits per heavy atom. The molecule has 0 aliphatic carbocycles. The molecular weight excluding hydrogens is 338 g/mol. The van der Waals surface area contributed by atoms with Gasteiger partial charge in [-0.2, -0.15) is 0 Å². The fraction of sp³-hybridized carbons (Fsp3) is 0.389. The number of nitrogens with one attached hydrogen (secondary N) is 1.